The molecule has 0 aromatic heterocycles. The van der Waals surface area contributed by atoms with E-state index in [1.54, 1.807) is 18.9 Å². The van der Waals surface area contributed by atoms with Crippen molar-refractivity contribution in [3.63, 3.8) is 0 Å². The number of nitrogens with zero attached hydrogens (tertiary/aromatic N) is 3. The molecule has 1 amide bonds. The third-order valence-corrected chi connectivity index (χ3v) is 6.89. The normalized spacial score (nSPS) is 23.8. The second kappa shape index (κ2) is 9.14. The van der Waals surface area contributed by atoms with Crippen molar-refractivity contribution >= 4 is 28.5 Å². The lowest BCUT2D eigenvalue weighted by Gasteiger charge is -2.15. The van der Waals surface area contributed by atoms with E-state index >= 15 is 0 Å². The Hall–Kier alpha value is -3.16. The van der Waals surface area contributed by atoms with Crippen molar-refractivity contribution in [1.82, 2.24) is 10.3 Å². The molecule has 1 N–H and O–H groups in total. The summed E-state index contributed by atoms with van der Waals surface area (Å²) in [4.78, 5) is 18.2. The number of rotatable bonds is 6. The van der Waals surface area contributed by atoms with Crippen molar-refractivity contribution in [3.8, 4) is 5.75 Å². The van der Waals surface area contributed by atoms with Crippen LogP contribution in [-0.2, 0) is 11.3 Å². The quantitative estimate of drug-likeness (QED) is 0.739. The van der Waals surface area contributed by atoms with E-state index in [0.717, 1.165) is 22.6 Å². The van der Waals surface area contributed by atoms with E-state index in [9.17, 15) is 4.79 Å². The van der Waals surface area contributed by atoms with Gasteiger partial charge in [0, 0.05) is 13.1 Å². The van der Waals surface area contributed by atoms with Crippen molar-refractivity contribution in [2.24, 2.45) is 16.0 Å². The van der Waals surface area contributed by atoms with Gasteiger partial charge >= 0.3 is 0 Å². The number of amidine groups is 1. The largest absolute Gasteiger partial charge is 0.497 e. The first-order valence-corrected chi connectivity index (χ1v) is 11.5. The molecule has 0 radical (unpaired) electrons. The van der Waals surface area contributed by atoms with Crippen LogP contribution in [0.1, 0.15) is 11.1 Å². The third kappa shape index (κ3) is 4.13. The van der Waals surface area contributed by atoms with E-state index in [4.69, 9.17) is 14.8 Å². The SMILES string of the molecule is COc1ccc(CNCC2C(=O)N(C3=NC4C=CC=CC4S3)N=C2c2ccccc2)cc1. The summed E-state index contributed by atoms with van der Waals surface area (Å²) in [5.74, 6) is 0.422. The van der Waals surface area contributed by atoms with E-state index in [1.807, 2.05) is 66.7 Å². The number of nitrogens with one attached hydrogen (secondary N) is 1. The fraction of sp³-hybridized carbons (Fsp3) is 0.240. The van der Waals surface area contributed by atoms with Crippen LogP contribution in [0.5, 0.6) is 5.75 Å². The maximum atomic E-state index is 13.4. The minimum absolute atomic E-state index is 0.0380. The fourth-order valence-electron chi connectivity index (χ4n) is 3.97. The molecule has 7 heteroatoms. The number of carbonyl (C=O) groups excluding carboxylic acids is 1. The number of ether oxygens (including phenoxy) is 1. The maximum absolute atomic E-state index is 13.4. The highest BCUT2D eigenvalue weighted by Gasteiger charge is 2.42. The third-order valence-electron chi connectivity index (χ3n) is 5.69. The molecule has 0 bridgehead atoms. The van der Waals surface area contributed by atoms with Gasteiger partial charge < -0.3 is 10.1 Å². The van der Waals surface area contributed by atoms with Crippen molar-refractivity contribution in [3.05, 3.63) is 90.0 Å². The predicted octanol–water partition coefficient (Wildman–Crippen LogP) is 3.61. The summed E-state index contributed by atoms with van der Waals surface area (Å²) >= 11 is 1.60. The van der Waals surface area contributed by atoms with Gasteiger partial charge in [-0.05, 0) is 23.3 Å². The monoisotopic (exact) mass is 444 g/mol. The van der Waals surface area contributed by atoms with Gasteiger partial charge in [0.1, 0.15) is 5.75 Å². The second-order valence-electron chi connectivity index (χ2n) is 7.79. The molecular weight excluding hydrogens is 420 g/mol. The Balaban J connectivity index is 1.34. The lowest BCUT2D eigenvalue weighted by atomic mass is 9.96. The molecule has 2 aromatic rings. The van der Waals surface area contributed by atoms with Crippen LogP contribution >= 0.6 is 11.8 Å². The molecule has 0 saturated carbocycles. The molecule has 5 rings (SSSR count). The number of methoxy groups -OCH3 is 1. The van der Waals surface area contributed by atoms with Crippen LogP contribution in [0.25, 0.3) is 0 Å². The summed E-state index contributed by atoms with van der Waals surface area (Å²) in [6, 6.07) is 17.9. The van der Waals surface area contributed by atoms with Gasteiger partial charge in [-0.2, -0.15) is 10.1 Å². The fourth-order valence-corrected chi connectivity index (χ4v) is 5.09. The standard InChI is InChI=1S/C25H24N4O2S/c1-31-19-13-11-17(12-14-19)15-26-16-20-23(18-7-3-2-4-8-18)28-29(24(20)30)25-27-21-9-5-6-10-22(21)32-25/h2-14,20-22,26H,15-16H2,1H3. The molecule has 1 aliphatic carbocycles. The van der Waals surface area contributed by atoms with Crippen LogP contribution in [-0.4, -0.2) is 46.7 Å². The summed E-state index contributed by atoms with van der Waals surface area (Å²) in [5.41, 5.74) is 2.87. The van der Waals surface area contributed by atoms with Crippen molar-refractivity contribution in [1.29, 1.82) is 0 Å². The van der Waals surface area contributed by atoms with Crippen LogP contribution in [0.15, 0.2) is 89.0 Å². The van der Waals surface area contributed by atoms with Gasteiger partial charge in [-0.15, -0.1) is 0 Å². The topological polar surface area (TPSA) is 66.3 Å². The number of thioether (sulfide) groups is 1. The van der Waals surface area contributed by atoms with Crippen molar-refractivity contribution < 1.29 is 9.53 Å². The van der Waals surface area contributed by atoms with Crippen LogP contribution in [0.4, 0.5) is 0 Å². The molecule has 162 valence electrons. The van der Waals surface area contributed by atoms with Gasteiger partial charge in [0.15, 0.2) is 5.17 Å². The Kier molecular flexibility index (Phi) is 5.92. The highest BCUT2D eigenvalue weighted by Crippen LogP contribution is 2.35. The highest BCUT2D eigenvalue weighted by atomic mass is 32.2. The maximum Gasteiger partial charge on any atom is 0.259 e. The molecule has 2 aliphatic heterocycles. The smallest absolute Gasteiger partial charge is 0.259 e. The number of hydrogen-bond donors (Lipinski definition) is 1. The zero-order valence-electron chi connectivity index (χ0n) is 17.7. The molecule has 32 heavy (non-hydrogen) atoms. The Morgan fingerprint density at radius 1 is 1.06 bits per heavy atom. The molecule has 0 fully saturated rings. The molecule has 3 aliphatic rings. The number of hydrogen-bond acceptors (Lipinski definition) is 6. The summed E-state index contributed by atoms with van der Waals surface area (Å²) in [5, 5.41) is 10.6. The molecule has 3 unspecified atom stereocenters. The zero-order valence-corrected chi connectivity index (χ0v) is 18.5. The van der Waals surface area contributed by atoms with Gasteiger partial charge in [0.2, 0.25) is 0 Å². The molecule has 0 spiro atoms. The van der Waals surface area contributed by atoms with Crippen LogP contribution in [0, 0.1) is 5.92 Å². The Morgan fingerprint density at radius 3 is 2.59 bits per heavy atom. The van der Waals surface area contributed by atoms with Crippen molar-refractivity contribution in [2.75, 3.05) is 13.7 Å². The molecule has 2 aromatic carbocycles. The first-order chi connectivity index (χ1) is 15.7. The summed E-state index contributed by atoms with van der Waals surface area (Å²) in [6.07, 6.45) is 8.23. The Labute approximate surface area is 191 Å². The minimum atomic E-state index is -0.368. The lowest BCUT2D eigenvalue weighted by molar-refractivity contribution is -0.127. The number of aliphatic imine (C=N–C) groups is 1. The van der Waals surface area contributed by atoms with Crippen molar-refractivity contribution in [2.45, 2.75) is 17.8 Å². The predicted molar refractivity (Wildman–Crippen MR) is 129 cm³/mol. The van der Waals surface area contributed by atoms with E-state index in [2.05, 4.69) is 17.5 Å². The van der Waals surface area contributed by atoms with E-state index in [-0.39, 0.29) is 23.1 Å². The summed E-state index contributed by atoms with van der Waals surface area (Å²) in [7, 11) is 1.66. The Morgan fingerprint density at radius 2 is 1.84 bits per heavy atom. The lowest BCUT2D eigenvalue weighted by Crippen LogP contribution is -2.36. The number of carbonyl (C=O) groups is 1. The number of allylic oxidation sites excluding steroid dienone is 2. The van der Waals surface area contributed by atoms with Gasteiger partial charge in [0.05, 0.1) is 30.0 Å². The number of hydrazone groups is 1. The van der Waals surface area contributed by atoms with Gasteiger partial charge in [0.25, 0.3) is 5.91 Å². The van der Waals surface area contributed by atoms with Gasteiger partial charge in [-0.25, -0.2) is 0 Å². The van der Waals surface area contributed by atoms with E-state index < -0.39 is 0 Å². The van der Waals surface area contributed by atoms with E-state index in [1.165, 1.54) is 5.01 Å². The average Bonchev–Trinajstić information content (AvgIpc) is 3.41. The van der Waals surface area contributed by atoms with Crippen LogP contribution < -0.4 is 10.1 Å². The number of amides is 1. The first kappa shape index (κ1) is 20.7. The minimum Gasteiger partial charge on any atom is -0.497 e. The molecular formula is C25H24N4O2S. The summed E-state index contributed by atoms with van der Waals surface area (Å²) < 4.78 is 5.22. The molecule has 2 heterocycles. The van der Waals surface area contributed by atoms with Gasteiger partial charge in [-0.1, -0.05) is 78.5 Å². The van der Waals surface area contributed by atoms with Crippen LogP contribution in [0.2, 0.25) is 0 Å². The number of fused-ring (bicyclic) bond motifs is 1. The Bertz CT molecular complexity index is 1110. The average molecular weight is 445 g/mol. The van der Waals surface area contributed by atoms with E-state index in [0.29, 0.717) is 18.3 Å². The van der Waals surface area contributed by atoms with Gasteiger partial charge in [-0.3, -0.25) is 9.79 Å². The second-order valence-corrected chi connectivity index (χ2v) is 8.93. The van der Waals surface area contributed by atoms with Crippen LogP contribution in [0.3, 0.4) is 0 Å². The zero-order chi connectivity index (χ0) is 21.9. The number of benzene rings is 2. The summed E-state index contributed by atoms with van der Waals surface area (Å²) in [6.45, 7) is 1.16. The molecule has 6 nitrogen and oxygen atoms in total. The molecule has 0 saturated heterocycles. The molecule has 3 atom stereocenters. The first-order valence-electron chi connectivity index (χ1n) is 10.6. The highest BCUT2D eigenvalue weighted by molar-refractivity contribution is 8.14.